The lowest BCUT2D eigenvalue weighted by molar-refractivity contribution is -0.385. The minimum Gasteiger partial charge on any atom is -0.313 e. The summed E-state index contributed by atoms with van der Waals surface area (Å²) in [6, 6.07) is 11.9. The molecule has 26 heavy (non-hydrogen) atoms. The van der Waals surface area contributed by atoms with Gasteiger partial charge in [0, 0.05) is 18.1 Å². The molecule has 134 valence electrons. The predicted octanol–water partition coefficient (Wildman–Crippen LogP) is 3.84. The van der Waals surface area contributed by atoms with E-state index in [1.807, 2.05) is 30.3 Å². The normalized spacial score (nSPS) is 11.5. The van der Waals surface area contributed by atoms with Gasteiger partial charge in [0.2, 0.25) is 0 Å². The van der Waals surface area contributed by atoms with E-state index in [4.69, 9.17) is 0 Å². The number of aromatic nitrogens is 3. The summed E-state index contributed by atoms with van der Waals surface area (Å²) in [6.07, 6.45) is -3.16. The van der Waals surface area contributed by atoms with E-state index in [1.54, 1.807) is 4.57 Å². The molecule has 6 nitrogen and oxygen atoms in total. The van der Waals surface area contributed by atoms with Crippen molar-refractivity contribution in [2.75, 3.05) is 0 Å². The number of alkyl halides is 3. The maximum absolute atomic E-state index is 12.8. The number of nitro groups is 1. The number of hydrogen-bond acceptors (Lipinski definition) is 4. The molecule has 0 amide bonds. The zero-order chi connectivity index (χ0) is 18.7. The van der Waals surface area contributed by atoms with Crippen molar-refractivity contribution >= 4 is 5.69 Å². The standard InChI is InChI=1S/C17H13F3N4O2/c18-17(19,20)14-7-6-13(15(9-14)24(25)26)8-16-22-21-11-23(16)10-12-4-2-1-3-5-12/h1-7,9,11H,8,10H2. The summed E-state index contributed by atoms with van der Waals surface area (Å²) in [7, 11) is 0. The SMILES string of the molecule is O=[N+]([O-])c1cc(C(F)(F)F)ccc1Cc1nncn1Cc1ccccc1. The van der Waals surface area contributed by atoms with Gasteiger partial charge in [-0.15, -0.1) is 10.2 Å². The molecule has 0 N–H and O–H groups in total. The Morgan fingerprint density at radius 1 is 1.12 bits per heavy atom. The fourth-order valence-corrected chi connectivity index (χ4v) is 2.56. The van der Waals surface area contributed by atoms with Crippen LogP contribution in [0, 0.1) is 10.1 Å². The van der Waals surface area contributed by atoms with Crippen LogP contribution in [0.1, 0.15) is 22.5 Å². The van der Waals surface area contributed by atoms with E-state index in [9.17, 15) is 23.3 Å². The second-order valence-corrected chi connectivity index (χ2v) is 5.64. The topological polar surface area (TPSA) is 73.8 Å². The molecule has 3 rings (SSSR count). The van der Waals surface area contributed by atoms with E-state index >= 15 is 0 Å². The van der Waals surface area contributed by atoms with Crippen LogP contribution >= 0.6 is 0 Å². The number of halogens is 3. The van der Waals surface area contributed by atoms with E-state index < -0.39 is 22.4 Å². The number of nitro benzene ring substituents is 1. The summed E-state index contributed by atoms with van der Waals surface area (Å²) in [6.45, 7) is 0.456. The van der Waals surface area contributed by atoms with Crippen molar-refractivity contribution < 1.29 is 18.1 Å². The van der Waals surface area contributed by atoms with Gasteiger partial charge < -0.3 is 4.57 Å². The summed E-state index contributed by atoms with van der Waals surface area (Å²) < 4.78 is 40.1. The van der Waals surface area contributed by atoms with Crippen LogP contribution in [0.25, 0.3) is 0 Å². The van der Waals surface area contributed by atoms with Crippen LogP contribution in [0.4, 0.5) is 18.9 Å². The first-order valence-electron chi connectivity index (χ1n) is 7.59. The maximum Gasteiger partial charge on any atom is 0.416 e. The van der Waals surface area contributed by atoms with Crippen LogP contribution in [-0.4, -0.2) is 19.7 Å². The molecule has 1 aromatic heterocycles. The average molecular weight is 362 g/mol. The highest BCUT2D eigenvalue weighted by Gasteiger charge is 2.33. The van der Waals surface area contributed by atoms with E-state index in [1.165, 1.54) is 6.33 Å². The van der Waals surface area contributed by atoms with Crippen molar-refractivity contribution in [2.24, 2.45) is 0 Å². The van der Waals surface area contributed by atoms with Gasteiger partial charge in [0.25, 0.3) is 5.69 Å². The summed E-state index contributed by atoms with van der Waals surface area (Å²) in [5.41, 5.74) is -0.520. The Hall–Kier alpha value is -3.23. The highest BCUT2D eigenvalue weighted by molar-refractivity contribution is 5.45. The Balaban J connectivity index is 1.90. The van der Waals surface area contributed by atoms with Gasteiger partial charge in [0.05, 0.1) is 17.0 Å². The Bertz CT molecular complexity index is 923. The maximum atomic E-state index is 12.8. The van der Waals surface area contributed by atoms with E-state index in [0.717, 1.165) is 17.7 Å². The zero-order valence-electron chi connectivity index (χ0n) is 13.3. The zero-order valence-corrected chi connectivity index (χ0v) is 13.3. The van der Waals surface area contributed by atoms with Crippen molar-refractivity contribution in [1.29, 1.82) is 0 Å². The van der Waals surface area contributed by atoms with Crippen molar-refractivity contribution in [2.45, 2.75) is 19.1 Å². The third-order valence-electron chi connectivity index (χ3n) is 3.85. The fraction of sp³-hybridized carbons (Fsp3) is 0.176. The monoisotopic (exact) mass is 362 g/mol. The molecule has 9 heteroatoms. The van der Waals surface area contributed by atoms with Crippen LogP contribution in [0.5, 0.6) is 0 Å². The highest BCUT2D eigenvalue weighted by atomic mass is 19.4. The highest BCUT2D eigenvalue weighted by Crippen LogP contribution is 2.33. The number of nitrogens with zero attached hydrogens (tertiary/aromatic N) is 4. The summed E-state index contributed by atoms with van der Waals surface area (Å²) in [5, 5.41) is 19.0. The molecule has 2 aromatic carbocycles. The van der Waals surface area contributed by atoms with Crippen molar-refractivity contribution in [3.63, 3.8) is 0 Å². The summed E-state index contributed by atoms with van der Waals surface area (Å²) >= 11 is 0. The molecule has 0 aliphatic carbocycles. The van der Waals surface area contributed by atoms with Crippen LogP contribution in [-0.2, 0) is 19.1 Å². The molecule has 0 bridgehead atoms. The predicted molar refractivity (Wildman–Crippen MR) is 86.5 cm³/mol. The Morgan fingerprint density at radius 2 is 1.85 bits per heavy atom. The Labute approximate surface area is 146 Å². The first kappa shape index (κ1) is 17.6. The van der Waals surface area contributed by atoms with Gasteiger partial charge in [-0.1, -0.05) is 36.4 Å². The molecule has 0 unspecified atom stereocenters. The Kier molecular flexibility index (Phi) is 4.70. The molecular formula is C17H13F3N4O2. The van der Waals surface area contributed by atoms with Crippen molar-refractivity contribution in [1.82, 2.24) is 14.8 Å². The molecular weight excluding hydrogens is 349 g/mol. The minimum absolute atomic E-state index is 0.00127. The van der Waals surface area contributed by atoms with Gasteiger partial charge in [0.1, 0.15) is 12.2 Å². The number of benzene rings is 2. The van der Waals surface area contributed by atoms with E-state index in [2.05, 4.69) is 10.2 Å². The summed E-state index contributed by atoms with van der Waals surface area (Å²) in [5.74, 6) is 0.428. The lowest BCUT2D eigenvalue weighted by atomic mass is 10.1. The lowest BCUT2D eigenvalue weighted by Crippen LogP contribution is -2.09. The molecule has 0 aliphatic heterocycles. The third kappa shape index (κ3) is 3.88. The second-order valence-electron chi connectivity index (χ2n) is 5.64. The first-order valence-corrected chi connectivity index (χ1v) is 7.59. The largest absolute Gasteiger partial charge is 0.416 e. The smallest absolute Gasteiger partial charge is 0.313 e. The molecule has 0 saturated carbocycles. The van der Waals surface area contributed by atoms with Gasteiger partial charge in [-0.05, 0) is 11.6 Å². The molecule has 0 atom stereocenters. The van der Waals surface area contributed by atoms with Crippen molar-refractivity contribution in [3.8, 4) is 0 Å². The minimum atomic E-state index is -4.64. The van der Waals surface area contributed by atoms with Gasteiger partial charge in [0.15, 0.2) is 0 Å². The quantitative estimate of drug-likeness (QED) is 0.510. The van der Waals surface area contributed by atoms with Crippen LogP contribution in [0.2, 0.25) is 0 Å². The van der Waals surface area contributed by atoms with Crippen LogP contribution < -0.4 is 0 Å². The first-order chi connectivity index (χ1) is 12.3. The van der Waals surface area contributed by atoms with Crippen LogP contribution in [0.15, 0.2) is 54.9 Å². The third-order valence-corrected chi connectivity index (χ3v) is 3.85. The Morgan fingerprint density at radius 3 is 2.50 bits per heavy atom. The molecule has 0 aliphatic rings. The van der Waals surface area contributed by atoms with Gasteiger partial charge in [-0.3, -0.25) is 10.1 Å². The molecule has 0 spiro atoms. The van der Waals surface area contributed by atoms with Gasteiger partial charge in [-0.2, -0.15) is 13.2 Å². The molecule has 0 fully saturated rings. The van der Waals surface area contributed by atoms with Gasteiger partial charge in [-0.25, -0.2) is 0 Å². The fourth-order valence-electron chi connectivity index (χ4n) is 2.56. The second kappa shape index (κ2) is 6.95. The van der Waals surface area contributed by atoms with E-state index in [0.29, 0.717) is 18.4 Å². The van der Waals surface area contributed by atoms with Crippen molar-refractivity contribution in [3.05, 3.63) is 87.5 Å². The number of rotatable bonds is 5. The van der Waals surface area contributed by atoms with E-state index in [-0.39, 0.29) is 12.0 Å². The molecule has 0 radical (unpaired) electrons. The van der Waals surface area contributed by atoms with Crippen LogP contribution in [0.3, 0.4) is 0 Å². The molecule has 1 heterocycles. The lowest BCUT2D eigenvalue weighted by Gasteiger charge is -2.10. The average Bonchev–Trinajstić information content (AvgIpc) is 3.02. The molecule has 3 aromatic rings. The number of hydrogen-bond donors (Lipinski definition) is 0. The molecule has 0 saturated heterocycles. The summed E-state index contributed by atoms with van der Waals surface area (Å²) in [4.78, 5) is 10.4. The van der Waals surface area contributed by atoms with Gasteiger partial charge >= 0.3 is 6.18 Å².